The third-order valence-electron chi connectivity index (χ3n) is 2.86. The molecule has 0 aromatic heterocycles. The van der Waals surface area contributed by atoms with Crippen LogP contribution in [0.3, 0.4) is 0 Å². The summed E-state index contributed by atoms with van der Waals surface area (Å²) in [6.07, 6.45) is 1.71. The minimum atomic E-state index is -0.303. The van der Waals surface area contributed by atoms with Crippen molar-refractivity contribution in [1.29, 1.82) is 0 Å². The Morgan fingerprint density at radius 1 is 1.18 bits per heavy atom. The fourth-order valence-electron chi connectivity index (χ4n) is 1.85. The topological polar surface area (TPSA) is 41.5 Å². The highest BCUT2D eigenvalue weighted by Gasteiger charge is 2.23. The molecule has 3 nitrogen and oxygen atoms in total. The van der Waals surface area contributed by atoms with E-state index in [1.807, 2.05) is 24.3 Å². The Labute approximate surface area is 139 Å². The molecule has 6 heteroatoms. The summed E-state index contributed by atoms with van der Waals surface area (Å²) in [6.45, 7) is 0. The predicted octanol–water partition coefficient (Wildman–Crippen LogP) is 4.48. The molecule has 22 heavy (non-hydrogen) atoms. The van der Waals surface area contributed by atoms with Gasteiger partial charge in [0.05, 0.1) is 10.6 Å². The minimum Gasteiger partial charge on any atom is -0.300 e. The summed E-state index contributed by atoms with van der Waals surface area (Å²) in [5.74, 6) is -0.509. The number of benzene rings is 2. The van der Waals surface area contributed by atoms with Crippen molar-refractivity contribution >= 4 is 50.5 Å². The van der Waals surface area contributed by atoms with Crippen molar-refractivity contribution in [3.63, 3.8) is 0 Å². The molecule has 3 rings (SSSR count). The van der Waals surface area contributed by atoms with Crippen molar-refractivity contribution in [2.24, 2.45) is 4.99 Å². The molecule has 0 spiro atoms. The monoisotopic (exact) mass is 376 g/mol. The number of nitrogens with zero attached hydrogens (tertiary/aromatic N) is 1. The number of halogens is 2. The average Bonchev–Trinajstić information content (AvgIpc) is 2.81. The lowest BCUT2D eigenvalue weighted by molar-refractivity contribution is -0.115. The van der Waals surface area contributed by atoms with E-state index < -0.39 is 0 Å². The fourth-order valence-corrected chi connectivity index (χ4v) is 3.08. The Kier molecular flexibility index (Phi) is 4.40. The Hall–Kier alpha value is -1.92. The van der Waals surface area contributed by atoms with Crippen LogP contribution in [0.5, 0.6) is 0 Å². The van der Waals surface area contributed by atoms with E-state index in [1.165, 1.54) is 23.9 Å². The molecule has 0 unspecified atom stereocenters. The normalized spacial score (nSPS) is 18.0. The molecule has 110 valence electrons. The smallest absolute Gasteiger partial charge is 0.264 e. The predicted molar refractivity (Wildman–Crippen MR) is 91.3 cm³/mol. The summed E-state index contributed by atoms with van der Waals surface area (Å²) in [6, 6.07) is 13.5. The van der Waals surface area contributed by atoms with Crippen molar-refractivity contribution in [2.75, 3.05) is 0 Å². The molecule has 1 amide bonds. The number of amidine groups is 1. The highest BCUT2D eigenvalue weighted by Crippen LogP contribution is 2.28. The molecule has 1 saturated heterocycles. The van der Waals surface area contributed by atoms with Crippen LogP contribution in [0.2, 0.25) is 0 Å². The molecule has 2 aromatic carbocycles. The maximum atomic E-state index is 12.9. The zero-order valence-electron chi connectivity index (χ0n) is 11.2. The molecule has 2 aromatic rings. The van der Waals surface area contributed by atoms with E-state index in [0.717, 1.165) is 15.7 Å². The Bertz CT molecular complexity index is 787. The summed E-state index contributed by atoms with van der Waals surface area (Å²) in [5.41, 5.74) is 1.52. The first kappa shape index (κ1) is 15.0. The van der Waals surface area contributed by atoms with E-state index >= 15 is 0 Å². The van der Waals surface area contributed by atoms with Crippen LogP contribution >= 0.6 is 27.7 Å². The molecule has 1 N–H and O–H groups in total. The molecule has 1 aliphatic rings. The number of nitrogens with one attached hydrogen (secondary N) is 1. The third kappa shape index (κ3) is 3.64. The maximum absolute atomic E-state index is 12.9. The van der Waals surface area contributed by atoms with Gasteiger partial charge in [-0.1, -0.05) is 34.1 Å². The average molecular weight is 377 g/mol. The highest BCUT2D eigenvalue weighted by molar-refractivity contribution is 9.10. The van der Waals surface area contributed by atoms with Gasteiger partial charge in [-0.25, -0.2) is 9.38 Å². The summed E-state index contributed by atoms with van der Waals surface area (Å²) in [5, 5.41) is 3.24. The van der Waals surface area contributed by atoms with Crippen LogP contribution in [-0.2, 0) is 4.79 Å². The number of hydrogen-bond acceptors (Lipinski definition) is 3. The lowest BCUT2D eigenvalue weighted by Gasteiger charge is -1.96. The van der Waals surface area contributed by atoms with E-state index in [2.05, 4.69) is 26.2 Å². The van der Waals surface area contributed by atoms with E-state index in [0.29, 0.717) is 10.1 Å². The molecule has 1 fully saturated rings. The van der Waals surface area contributed by atoms with Gasteiger partial charge in [-0.3, -0.25) is 4.79 Å². The van der Waals surface area contributed by atoms with E-state index in [4.69, 9.17) is 0 Å². The van der Waals surface area contributed by atoms with Crippen LogP contribution < -0.4 is 5.32 Å². The van der Waals surface area contributed by atoms with Crippen LogP contribution in [0, 0.1) is 5.82 Å². The molecule has 1 aliphatic heterocycles. The largest absolute Gasteiger partial charge is 0.300 e. The molecule has 0 aliphatic carbocycles. The van der Waals surface area contributed by atoms with Crippen molar-refractivity contribution in [3.8, 4) is 0 Å². The van der Waals surface area contributed by atoms with Gasteiger partial charge in [0.2, 0.25) is 0 Å². The first-order valence-electron chi connectivity index (χ1n) is 6.41. The molecule has 0 bridgehead atoms. The Balaban J connectivity index is 1.82. The van der Waals surface area contributed by atoms with Crippen LogP contribution in [-0.4, -0.2) is 11.1 Å². The second kappa shape index (κ2) is 6.46. The van der Waals surface area contributed by atoms with Crippen molar-refractivity contribution in [1.82, 2.24) is 5.32 Å². The quantitative estimate of drug-likeness (QED) is 0.785. The van der Waals surface area contributed by atoms with Crippen molar-refractivity contribution in [2.45, 2.75) is 0 Å². The van der Waals surface area contributed by atoms with Gasteiger partial charge in [-0.05, 0) is 53.7 Å². The fraction of sp³-hybridized carbons (Fsp3) is 0. The molecule has 0 saturated carbocycles. The van der Waals surface area contributed by atoms with Gasteiger partial charge in [0.1, 0.15) is 5.82 Å². The first-order valence-corrected chi connectivity index (χ1v) is 8.02. The lowest BCUT2D eigenvalue weighted by atomic mass is 10.2. The SMILES string of the molecule is O=C1NC(=Nc2cccc(Br)c2)S/C1=C\c1ccc(F)cc1. The second-order valence-electron chi connectivity index (χ2n) is 4.51. The Morgan fingerprint density at radius 3 is 2.68 bits per heavy atom. The van der Waals surface area contributed by atoms with Gasteiger partial charge in [0, 0.05) is 4.47 Å². The van der Waals surface area contributed by atoms with Crippen LogP contribution in [0.25, 0.3) is 6.08 Å². The van der Waals surface area contributed by atoms with Gasteiger partial charge in [0.15, 0.2) is 5.17 Å². The summed E-state index contributed by atoms with van der Waals surface area (Å²) >= 11 is 4.64. The number of thioether (sulfide) groups is 1. The molecular formula is C16H10BrFN2OS. The first-order chi connectivity index (χ1) is 10.6. The van der Waals surface area contributed by atoms with E-state index in [-0.39, 0.29) is 11.7 Å². The number of carbonyl (C=O) groups excluding carboxylic acids is 1. The summed E-state index contributed by atoms with van der Waals surface area (Å²) in [4.78, 5) is 16.9. The summed E-state index contributed by atoms with van der Waals surface area (Å²) < 4.78 is 13.8. The van der Waals surface area contributed by atoms with E-state index in [9.17, 15) is 9.18 Å². The van der Waals surface area contributed by atoms with Gasteiger partial charge in [-0.2, -0.15) is 0 Å². The maximum Gasteiger partial charge on any atom is 0.264 e. The standard InChI is InChI=1S/C16H10BrFN2OS/c17-11-2-1-3-13(9-11)19-16-20-15(21)14(22-16)8-10-4-6-12(18)7-5-10/h1-9H,(H,19,20,21)/b14-8-. The molecule has 1 heterocycles. The van der Waals surface area contributed by atoms with Crippen LogP contribution in [0.1, 0.15) is 5.56 Å². The molecule has 0 atom stereocenters. The van der Waals surface area contributed by atoms with Gasteiger partial charge in [-0.15, -0.1) is 0 Å². The number of hydrogen-bond donors (Lipinski definition) is 1. The van der Waals surface area contributed by atoms with Gasteiger partial charge in [0.25, 0.3) is 5.91 Å². The number of carbonyl (C=O) groups is 1. The molecule has 0 radical (unpaired) electrons. The second-order valence-corrected chi connectivity index (χ2v) is 6.46. The minimum absolute atomic E-state index is 0.205. The Morgan fingerprint density at radius 2 is 1.95 bits per heavy atom. The zero-order valence-corrected chi connectivity index (χ0v) is 13.6. The number of amides is 1. The molecular weight excluding hydrogens is 367 g/mol. The third-order valence-corrected chi connectivity index (χ3v) is 4.26. The van der Waals surface area contributed by atoms with Gasteiger partial charge >= 0.3 is 0 Å². The van der Waals surface area contributed by atoms with Crippen LogP contribution in [0.4, 0.5) is 10.1 Å². The summed E-state index contributed by atoms with van der Waals surface area (Å²) in [7, 11) is 0. The van der Waals surface area contributed by atoms with Crippen LogP contribution in [0.15, 0.2) is 62.9 Å². The van der Waals surface area contributed by atoms with Gasteiger partial charge < -0.3 is 5.32 Å². The number of rotatable bonds is 2. The number of aliphatic imine (C=N–C) groups is 1. The lowest BCUT2D eigenvalue weighted by Crippen LogP contribution is -2.19. The van der Waals surface area contributed by atoms with Crippen molar-refractivity contribution in [3.05, 3.63) is 69.3 Å². The highest BCUT2D eigenvalue weighted by atomic mass is 79.9. The van der Waals surface area contributed by atoms with E-state index in [1.54, 1.807) is 18.2 Å². The zero-order chi connectivity index (χ0) is 15.5. The van der Waals surface area contributed by atoms with Crippen molar-refractivity contribution < 1.29 is 9.18 Å².